The number of nitrogen functional groups attached to an aromatic ring is 1. The van der Waals surface area contributed by atoms with Crippen molar-refractivity contribution in [1.82, 2.24) is 10.2 Å². The van der Waals surface area contributed by atoms with Crippen molar-refractivity contribution in [3.63, 3.8) is 0 Å². The number of fused-ring (bicyclic) bond motifs is 1. The third kappa shape index (κ3) is 1.31. The van der Waals surface area contributed by atoms with Gasteiger partial charge in [0.1, 0.15) is 0 Å². The molecule has 0 spiro atoms. The molecule has 0 fully saturated rings. The van der Waals surface area contributed by atoms with Crippen LogP contribution in [0.2, 0.25) is 0 Å². The predicted octanol–water partition coefficient (Wildman–Crippen LogP) is 3.18. The predicted molar refractivity (Wildman–Crippen MR) is 68.6 cm³/mol. The Kier molecular flexibility index (Phi) is 1.97. The molecule has 1 aromatic carbocycles. The van der Waals surface area contributed by atoms with Crippen molar-refractivity contribution in [2.24, 2.45) is 0 Å². The summed E-state index contributed by atoms with van der Waals surface area (Å²) in [6.07, 6.45) is 1.65. The lowest BCUT2D eigenvalue weighted by Gasteiger charge is -1.92. The quantitative estimate of drug-likeness (QED) is 0.673. The lowest BCUT2D eigenvalue weighted by Crippen LogP contribution is -1.83. The van der Waals surface area contributed by atoms with E-state index < -0.39 is 0 Å². The summed E-state index contributed by atoms with van der Waals surface area (Å²) in [6, 6.07) is 8.49. The number of anilines is 1. The van der Waals surface area contributed by atoms with Crippen LogP contribution in [-0.2, 0) is 0 Å². The first-order valence-corrected chi connectivity index (χ1v) is 5.86. The van der Waals surface area contributed by atoms with Crippen LogP contribution in [0.25, 0.3) is 20.7 Å². The molecule has 0 atom stereocenters. The molecule has 3 rings (SSSR count). The van der Waals surface area contributed by atoms with Crippen LogP contribution in [0.5, 0.6) is 0 Å². The summed E-state index contributed by atoms with van der Waals surface area (Å²) in [4.78, 5) is 1.14. The molecule has 0 aliphatic heterocycles. The number of aromatic nitrogens is 2. The molecule has 0 unspecified atom stereocenters. The number of nitrogens with one attached hydrogen (secondary N) is 1. The van der Waals surface area contributed by atoms with Gasteiger partial charge >= 0.3 is 0 Å². The van der Waals surface area contributed by atoms with Crippen LogP contribution in [0.3, 0.4) is 0 Å². The van der Waals surface area contributed by atoms with Crippen molar-refractivity contribution in [2.45, 2.75) is 6.92 Å². The minimum absolute atomic E-state index is 0.698. The number of benzene rings is 1. The summed E-state index contributed by atoms with van der Waals surface area (Å²) < 4.78 is 1.28. The van der Waals surface area contributed by atoms with Crippen molar-refractivity contribution >= 4 is 27.1 Å². The molecular formula is C12H11N3S. The molecule has 0 saturated heterocycles. The third-order valence-corrected chi connectivity index (χ3v) is 3.81. The Morgan fingerprint density at radius 1 is 1.38 bits per heavy atom. The molecule has 0 bridgehead atoms. The highest BCUT2D eigenvalue weighted by atomic mass is 32.1. The van der Waals surface area contributed by atoms with Gasteiger partial charge < -0.3 is 5.73 Å². The van der Waals surface area contributed by atoms with E-state index in [1.807, 2.05) is 0 Å². The third-order valence-electron chi connectivity index (χ3n) is 2.69. The number of hydrogen-bond donors (Lipinski definition) is 2. The first-order valence-electron chi connectivity index (χ1n) is 5.04. The minimum atomic E-state index is 0.698. The number of aromatic amines is 1. The van der Waals surface area contributed by atoms with Crippen LogP contribution in [-0.4, -0.2) is 10.2 Å². The van der Waals surface area contributed by atoms with Crippen LogP contribution in [0.1, 0.15) is 5.56 Å². The molecule has 4 heteroatoms. The monoisotopic (exact) mass is 229 g/mol. The first kappa shape index (κ1) is 9.42. The van der Waals surface area contributed by atoms with E-state index in [4.69, 9.17) is 5.73 Å². The fourth-order valence-corrected chi connectivity index (χ4v) is 2.98. The Morgan fingerprint density at radius 3 is 2.94 bits per heavy atom. The van der Waals surface area contributed by atoms with Gasteiger partial charge in [-0.2, -0.15) is 5.10 Å². The van der Waals surface area contributed by atoms with Gasteiger partial charge in [-0.3, -0.25) is 5.10 Å². The summed E-state index contributed by atoms with van der Waals surface area (Å²) in [5.41, 5.74) is 8.75. The number of H-pyrrole nitrogens is 1. The fraction of sp³-hybridized carbons (Fsp3) is 0.0833. The van der Waals surface area contributed by atoms with Gasteiger partial charge in [-0.15, -0.1) is 11.3 Å². The van der Waals surface area contributed by atoms with Gasteiger partial charge in [-0.1, -0.05) is 12.1 Å². The Hall–Kier alpha value is -1.81. The maximum absolute atomic E-state index is 5.85. The lowest BCUT2D eigenvalue weighted by molar-refractivity contribution is 1.10. The molecule has 2 heterocycles. The highest BCUT2D eigenvalue weighted by molar-refractivity contribution is 7.22. The van der Waals surface area contributed by atoms with E-state index >= 15 is 0 Å². The van der Waals surface area contributed by atoms with Crippen molar-refractivity contribution in [3.05, 3.63) is 36.0 Å². The van der Waals surface area contributed by atoms with Gasteiger partial charge in [-0.05, 0) is 30.0 Å². The van der Waals surface area contributed by atoms with E-state index in [0.717, 1.165) is 10.6 Å². The van der Waals surface area contributed by atoms with Gasteiger partial charge in [0.25, 0.3) is 0 Å². The summed E-state index contributed by atoms with van der Waals surface area (Å²) >= 11 is 1.73. The molecule has 0 saturated carbocycles. The average Bonchev–Trinajstić information content (AvgIpc) is 2.84. The Balaban J connectivity index is 2.27. The number of nitrogens with zero attached hydrogens (tertiary/aromatic N) is 1. The second-order valence-electron chi connectivity index (χ2n) is 3.80. The van der Waals surface area contributed by atoms with E-state index in [1.165, 1.54) is 15.6 Å². The molecule has 0 amide bonds. The molecule has 0 aliphatic carbocycles. The number of aryl methyl sites for hydroxylation is 1. The highest BCUT2D eigenvalue weighted by Gasteiger charge is 2.09. The second-order valence-corrected chi connectivity index (χ2v) is 4.88. The molecule has 0 radical (unpaired) electrons. The highest BCUT2D eigenvalue weighted by Crippen LogP contribution is 2.35. The summed E-state index contributed by atoms with van der Waals surface area (Å²) in [5, 5.41) is 8.17. The van der Waals surface area contributed by atoms with Crippen LogP contribution in [0.4, 0.5) is 5.69 Å². The zero-order valence-electron chi connectivity index (χ0n) is 8.82. The summed E-state index contributed by atoms with van der Waals surface area (Å²) in [7, 11) is 0. The number of hydrogen-bond acceptors (Lipinski definition) is 3. The smallest absolute Gasteiger partial charge is 0.0980 e. The zero-order valence-corrected chi connectivity index (χ0v) is 9.64. The van der Waals surface area contributed by atoms with Gasteiger partial charge in [0.2, 0.25) is 0 Å². The second kappa shape index (κ2) is 3.35. The topological polar surface area (TPSA) is 54.7 Å². The molecular weight excluding hydrogens is 218 g/mol. The van der Waals surface area contributed by atoms with Crippen molar-refractivity contribution in [3.8, 4) is 10.6 Å². The maximum Gasteiger partial charge on any atom is 0.0980 e. The molecule has 80 valence electrons. The zero-order chi connectivity index (χ0) is 11.1. The maximum atomic E-state index is 5.85. The van der Waals surface area contributed by atoms with Crippen LogP contribution >= 0.6 is 11.3 Å². The van der Waals surface area contributed by atoms with Gasteiger partial charge in [0.15, 0.2) is 0 Å². The van der Waals surface area contributed by atoms with E-state index in [-0.39, 0.29) is 0 Å². The van der Waals surface area contributed by atoms with Gasteiger partial charge in [0, 0.05) is 4.70 Å². The van der Waals surface area contributed by atoms with Crippen LogP contribution < -0.4 is 5.73 Å². The fourth-order valence-electron chi connectivity index (χ4n) is 1.82. The normalized spacial score (nSPS) is 11.1. The lowest BCUT2D eigenvalue weighted by atomic mass is 10.1. The standard InChI is InChI=1S/C12H11N3S/c1-7-3-2-4-10-8(7)5-11(16-10)12-9(13)6-14-15-12/h2-6H,13H2,1H3,(H,14,15). The molecule has 3 aromatic rings. The molecule has 16 heavy (non-hydrogen) atoms. The summed E-state index contributed by atoms with van der Waals surface area (Å²) in [6.45, 7) is 2.12. The molecule has 2 aromatic heterocycles. The Morgan fingerprint density at radius 2 is 2.25 bits per heavy atom. The minimum Gasteiger partial charge on any atom is -0.396 e. The Labute approximate surface area is 96.9 Å². The number of nitrogens with two attached hydrogens (primary N) is 1. The van der Waals surface area contributed by atoms with E-state index in [2.05, 4.69) is 41.4 Å². The van der Waals surface area contributed by atoms with Crippen LogP contribution in [0.15, 0.2) is 30.5 Å². The van der Waals surface area contributed by atoms with Gasteiger partial charge in [0.05, 0.1) is 22.5 Å². The average molecular weight is 229 g/mol. The van der Waals surface area contributed by atoms with E-state index in [0.29, 0.717) is 5.69 Å². The molecule has 0 aliphatic rings. The first-order chi connectivity index (χ1) is 7.75. The van der Waals surface area contributed by atoms with Crippen molar-refractivity contribution in [1.29, 1.82) is 0 Å². The number of rotatable bonds is 1. The Bertz CT molecular complexity index is 651. The SMILES string of the molecule is Cc1cccc2sc(-c3[nH]ncc3N)cc12. The van der Waals surface area contributed by atoms with Gasteiger partial charge in [-0.25, -0.2) is 0 Å². The van der Waals surface area contributed by atoms with Crippen LogP contribution in [0, 0.1) is 6.92 Å². The molecule has 3 nitrogen and oxygen atoms in total. The van der Waals surface area contributed by atoms with E-state index in [9.17, 15) is 0 Å². The molecule has 3 N–H and O–H groups in total. The largest absolute Gasteiger partial charge is 0.396 e. The summed E-state index contributed by atoms with van der Waals surface area (Å²) in [5.74, 6) is 0. The van der Waals surface area contributed by atoms with E-state index in [1.54, 1.807) is 17.5 Å². The van der Waals surface area contributed by atoms with Crippen molar-refractivity contribution < 1.29 is 0 Å². The van der Waals surface area contributed by atoms with Crippen molar-refractivity contribution in [2.75, 3.05) is 5.73 Å². The number of thiophene rings is 1.